The minimum absolute atomic E-state index is 0. The molecule has 0 aliphatic carbocycles. The van der Waals surface area contributed by atoms with Crippen molar-refractivity contribution in [3.05, 3.63) is 52.6 Å². The molecular formula is C15H7N7Pt. The second-order valence-electron chi connectivity index (χ2n) is 4.90. The van der Waals surface area contributed by atoms with Crippen LogP contribution in [0, 0.1) is 0 Å². The largest absolute Gasteiger partial charge is 2.00 e. The van der Waals surface area contributed by atoms with Crippen LogP contribution in [0.2, 0.25) is 0 Å². The fourth-order valence-electron chi connectivity index (χ4n) is 2.36. The van der Waals surface area contributed by atoms with Gasteiger partial charge in [0.15, 0.2) is 5.84 Å². The van der Waals surface area contributed by atoms with Gasteiger partial charge in [0.1, 0.15) is 5.84 Å². The molecule has 0 saturated carbocycles. The minimum Gasteiger partial charge on any atom is -0.655 e. The molecule has 23 heavy (non-hydrogen) atoms. The molecule has 2 aromatic rings. The van der Waals surface area contributed by atoms with Crippen molar-refractivity contribution in [3.8, 4) is 0 Å². The van der Waals surface area contributed by atoms with Gasteiger partial charge in [-0.1, -0.05) is 24.0 Å². The van der Waals surface area contributed by atoms with Crippen molar-refractivity contribution < 1.29 is 21.1 Å². The monoisotopic (exact) mass is 480 g/mol. The minimum atomic E-state index is 0. The molecule has 0 atom stereocenters. The summed E-state index contributed by atoms with van der Waals surface area (Å²) in [6.07, 6.45) is 8.71. The van der Waals surface area contributed by atoms with Gasteiger partial charge in [0.05, 0.1) is 23.8 Å². The molecule has 7 nitrogen and oxygen atoms in total. The summed E-state index contributed by atoms with van der Waals surface area (Å²) in [5, 5.41) is 0. The van der Waals surface area contributed by atoms with Crippen LogP contribution in [-0.2, 0) is 21.1 Å². The van der Waals surface area contributed by atoms with Crippen LogP contribution < -0.4 is 9.97 Å². The first kappa shape index (κ1) is 14.0. The Morgan fingerprint density at radius 2 is 1.52 bits per heavy atom. The van der Waals surface area contributed by atoms with Gasteiger partial charge in [-0.25, -0.2) is 20.0 Å². The normalized spacial score (nSPS) is 17.0. The van der Waals surface area contributed by atoms with Crippen molar-refractivity contribution in [2.24, 2.45) is 20.0 Å². The fraction of sp³-hybridized carbons (Fsp3) is 0. The van der Waals surface area contributed by atoms with Crippen LogP contribution in [0.25, 0.3) is 12.2 Å². The molecule has 8 heteroatoms. The predicted octanol–water partition coefficient (Wildman–Crippen LogP) is 1.05. The number of nitrogens with zero attached hydrogens (tertiary/aromatic N) is 7. The first-order valence-corrected chi connectivity index (χ1v) is 6.67. The van der Waals surface area contributed by atoms with Crippen LogP contribution in [-0.4, -0.2) is 29.1 Å². The van der Waals surface area contributed by atoms with E-state index in [1.54, 1.807) is 18.6 Å². The number of fused-ring (bicyclic) bond motifs is 8. The average molecular weight is 480 g/mol. The summed E-state index contributed by atoms with van der Waals surface area (Å²) in [6.45, 7) is 0. The fourth-order valence-corrected chi connectivity index (χ4v) is 2.36. The molecule has 0 radical (unpaired) electrons. The van der Waals surface area contributed by atoms with Gasteiger partial charge in [-0.2, -0.15) is 0 Å². The van der Waals surface area contributed by atoms with Gasteiger partial charge in [-0.3, -0.25) is 0 Å². The van der Waals surface area contributed by atoms with E-state index in [1.807, 2.05) is 24.3 Å². The van der Waals surface area contributed by atoms with E-state index in [0.717, 1.165) is 22.8 Å². The summed E-state index contributed by atoms with van der Waals surface area (Å²) in [4.78, 5) is 30.6. The summed E-state index contributed by atoms with van der Waals surface area (Å²) in [5.41, 5.74) is 3.66. The van der Waals surface area contributed by atoms with Crippen LogP contribution in [0.1, 0.15) is 22.9 Å². The van der Waals surface area contributed by atoms with Crippen LogP contribution in [0.15, 0.2) is 49.7 Å². The van der Waals surface area contributed by atoms with Gasteiger partial charge < -0.3 is 15.0 Å². The number of rotatable bonds is 0. The van der Waals surface area contributed by atoms with Crippen LogP contribution in [0.3, 0.4) is 0 Å². The van der Waals surface area contributed by atoms with Gasteiger partial charge in [0.25, 0.3) is 0 Å². The van der Waals surface area contributed by atoms with Gasteiger partial charge in [-0.15, -0.1) is 5.69 Å². The molecule has 3 aliphatic heterocycles. The average Bonchev–Trinajstić information content (AvgIpc) is 3.24. The van der Waals surface area contributed by atoms with Crippen LogP contribution in [0.4, 0.5) is 0 Å². The zero-order valence-corrected chi connectivity index (χ0v) is 13.8. The van der Waals surface area contributed by atoms with E-state index in [9.17, 15) is 0 Å². The molecule has 0 N–H and O–H groups in total. The Balaban J connectivity index is 0.00000135. The first-order valence-electron chi connectivity index (χ1n) is 6.67. The summed E-state index contributed by atoms with van der Waals surface area (Å²) in [6, 6.07) is 3.79. The predicted molar refractivity (Wildman–Crippen MR) is 83.3 cm³/mol. The van der Waals surface area contributed by atoms with E-state index in [-0.39, 0.29) is 21.1 Å². The Labute approximate surface area is 145 Å². The third-order valence-electron chi connectivity index (χ3n) is 3.34. The maximum atomic E-state index is 4.50. The van der Waals surface area contributed by atoms with E-state index in [1.165, 1.54) is 0 Å². The molecule has 8 bridgehead atoms. The zero-order chi connectivity index (χ0) is 14.5. The molecule has 0 saturated heterocycles. The van der Waals surface area contributed by atoms with Crippen molar-refractivity contribution in [3.63, 3.8) is 0 Å². The Morgan fingerprint density at radius 3 is 2.39 bits per heavy atom. The van der Waals surface area contributed by atoms with Gasteiger partial charge in [-0.05, 0) is 23.7 Å². The van der Waals surface area contributed by atoms with E-state index >= 15 is 0 Å². The smallest absolute Gasteiger partial charge is 0.655 e. The van der Waals surface area contributed by atoms with Crippen LogP contribution in [0.5, 0.6) is 0 Å². The molecule has 5 heterocycles. The zero-order valence-electron chi connectivity index (χ0n) is 11.5. The Kier molecular flexibility index (Phi) is 3.16. The Morgan fingerprint density at radius 1 is 0.783 bits per heavy atom. The van der Waals surface area contributed by atoms with E-state index < -0.39 is 0 Å². The number of amidine groups is 2. The van der Waals surface area contributed by atoms with Crippen molar-refractivity contribution >= 4 is 36.3 Å². The summed E-state index contributed by atoms with van der Waals surface area (Å²) in [7, 11) is 0. The maximum Gasteiger partial charge on any atom is 2.00 e. The molecule has 3 aliphatic rings. The molecule has 0 aromatic carbocycles. The maximum absolute atomic E-state index is 4.50. The number of aromatic nitrogens is 3. The van der Waals surface area contributed by atoms with E-state index in [0.29, 0.717) is 23.2 Å². The molecule has 0 spiro atoms. The van der Waals surface area contributed by atoms with Crippen molar-refractivity contribution in [2.45, 2.75) is 0 Å². The molecular weight excluding hydrogens is 473 g/mol. The second-order valence-corrected chi connectivity index (χ2v) is 4.90. The number of hydrogen-bond acceptors (Lipinski definition) is 5. The summed E-state index contributed by atoms with van der Waals surface area (Å²) >= 11 is 0. The topological polar surface area (TPSA) is 90.5 Å². The molecule has 2 aromatic heterocycles. The van der Waals surface area contributed by atoms with E-state index in [2.05, 4.69) is 34.9 Å². The second kappa shape index (κ2) is 5.21. The van der Waals surface area contributed by atoms with Crippen molar-refractivity contribution in [1.29, 1.82) is 0 Å². The third-order valence-corrected chi connectivity index (χ3v) is 3.34. The SMILES string of the molecule is C1=NC2=NC1=Cc1cnc([n-]1)C1=NC(=Cc3ccc2[n-]3)C=N1.[Pt+2]. The van der Waals surface area contributed by atoms with Gasteiger partial charge in [0.2, 0.25) is 0 Å². The van der Waals surface area contributed by atoms with Crippen molar-refractivity contribution in [2.75, 3.05) is 0 Å². The van der Waals surface area contributed by atoms with Crippen LogP contribution >= 0.6 is 0 Å². The quantitative estimate of drug-likeness (QED) is 0.565. The number of hydrogen-bond donors (Lipinski definition) is 0. The Bertz CT molecular complexity index is 901. The summed E-state index contributed by atoms with van der Waals surface area (Å²) < 4.78 is 0. The van der Waals surface area contributed by atoms with Gasteiger partial charge >= 0.3 is 21.1 Å². The molecule has 5 rings (SSSR count). The molecule has 0 fully saturated rings. The number of allylic oxidation sites excluding steroid dienone is 2. The van der Waals surface area contributed by atoms with Crippen molar-refractivity contribution in [1.82, 2.24) is 15.0 Å². The van der Waals surface area contributed by atoms with E-state index in [4.69, 9.17) is 0 Å². The number of imidazole rings is 1. The standard InChI is InChI=1S/C15H7N7.Pt/c1-2-12-13-16-5-10(20-13)4-11-7-18-15(22-11)14-17-6-9(21-14)3-8(1)19-12;/h1-7H;/q-2;+2. The molecule has 112 valence electrons. The molecule has 0 unspecified atom stereocenters. The Hall–Kier alpha value is -2.66. The molecule has 0 amide bonds. The third kappa shape index (κ3) is 2.39. The summed E-state index contributed by atoms with van der Waals surface area (Å²) in [5.74, 6) is 1.60. The number of aliphatic imine (C=N–C) groups is 4. The first-order chi connectivity index (χ1) is 10.8. The van der Waals surface area contributed by atoms with Gasteiger partial charge in [0, 0.05) is 0 Å².